The van der Waals surface area contributed by atoms with Gasteiger partial charge in [0.2, 0.25) is 5.91 Å². The molecule has 0 aromatic carbocycles. The molecule has 1 saturated heterocycles. The van der Waals surface area contributed by atoms with Crippen molar-refractivity contribution < 1.29 is 18.0 Å². The maximum atomic E-state index is 12.3. The van der Waals surface area contributed by atoms with Crippen LogP contribution in [0.5, 0.6) is 0 Å². The third kappa shape index (κ3) is 3.59. The summed E-state index contributed by atoms with van der Waals surface area (Å²) in [6, 6.07) is -1.14. The van der Waals surface area contributed by atoms with Crippen LogP contribution < -0.4 is 5.32 Å². The summed E-state index contributed by atoms with van der Waals surface area (Å²) in [7, 11) is 0. The van der Waals surface area contributed by atoms with Crippen molar-refractivity contribution in [1.82, 2.24) is 10.2 Å². The van der Waals surface area contributed by atoms with Gasteiger partial charge in [0.25, 0.3) is 0 Å². The Labute approximate surface area is 99.4 Å². The average molecular weight is 252 g/mol. The summed E-state index contributed by atoms with van der Waals surface area (Å²) >= 11 is 0. The normalized spacial score (nSPS) is 27.6. The van der Waals surface area contributed by atoms with Gasteiger partial charge in [0.1, 0.15) is 0 Å². The van der Waals surface area contributed by atoms with Crippen molar-refractivity contribution in [3.63, 3.8) is 0 Å². The zero-order valence-corrected chi connectivity index (χ0v) is 10.3. The highest BCUT2D eigenvalue weighted by molar-refractivity contribution is 5.84. The lowest BCUT2D eigenvalue weighted by Gasteiger charge is -2.28. The topological polar surface area (TPSA) is 32.3 Å². The summed E-state index contributed by atoms with van der Waals surface area (Å²) in [5.74, 6) is -0.212. The molecule has 0 saturated carbocycles. The molecule has 3 atom stereocenters. The van der Waals surface area contributed by atoms with Crippen LogP contribution in [0.2, 0.25) is 0 Å². The molecule has 3 nitrogen and oxygen atoms in total. The largest absolute Gasteiger partial charge is 0.391 e. The fourth-order valence-corrected chi connectivity index (χ4v) is 2.34. The Hall–Kier alpha value is -0.780. The first-order valence-corrected chi connectivity index (χ1v) is 5.91. The van der Waals surface area contributed by atoms with Crippen LogP contribution in [0.25, 0.3) is 0 Å². The molecule has 17 heavy (non-hydrogen) atoms. The molecule has 1 aliphatic heterocycles. The van der Waals surface area contributed by atoms with Crippen LogP contribution in [-0.4, -0.2) is 35.2 Å². The predicted octanol–water partition coefficient (Wildman–Crippen LogP) is 2.27. The molecule has 1 N–H and O–H groups in total. The van der Waals surface area contributed by atoms with E-state index in [4.69, 9.17) is 0 Å². The lowest BCUT2D eigenvalue weighted by molar-refractivity contribution is -0.153. The van der Waals surface area contributed by atoms with E-state index in [1.807, 2.05) is 6.92 Å². The molecule has 0 bridgehead atoms. The lowest BCUT2D eigenvalue weighted by atomic mass is 10.1. The van der Waals surface area contributed by atoms with Crippen molar-refractivity contribution in [3.8, 4) is 0 Å². The van der Waals surface area contributed by atoms with Gasteiger partial charge in [0.15, 0.2) is 0 Å². The van der Waals surface area contributed by atoms with E-state index in [9.17, 15) is 18.0 Å². The third-order valence-electron chi connectivity index (χ3n) is 2.99. The molecule has 1 amide bonds. The van der Waals surface area contributed by atoms with E-state index < -0.39 is 18.6 Å². The van der Waals surface area contributed by atoms with E-state index in [0.29, 0.717) is 6.42 Å². The molecular weight excluding hydrogens is 233 g/mol. The van der Waals surface area contributed by atoms with Gasteiger partial charge in [-0.2, -0.15) is 13.2 Å². The van der Waals surface area contributed by atoms with Gasteiger partial charge in [0.05, 0.1) is 18.6 Å². The molecule has 1 heterocycles. The van der Waals surface area contributed by atoms with E-state index >= 15 is 0 Å². The van der Waals surface area contributed by atoms with Gasteiger partial charge in [-0.25, -0.2) is 0 Å². The fraction of sp³-hybridized carbons (Fsp3) is 0.909. The molecule has 0 aromatic heterocycles. The second-order valence-corrected chi connectivity index (χ2v) is 4.60. The summed E-state index contributed by atoms with van der Waals surface area (Å²) in [6.07, 6.45) is -4.02. The van der Waals surface area contributed by atoms with Gasteiger partial charge < -0.3 is 4.90 Å². The van der Waals surface area contributed by atoms with Gasteiger partial charge in [-0.1, -0.05) is 13.3 Å². The van der Waals surface area contributed by atoms with Crippen LogP contribution in [0, 0.1) is 0 Å². The van der Waals surface area contributed by atoms with Crippen molar-refractivity contribution in [3.05, 3.63) is 0 Å². The fourth-order valence-electron chi connectivity index (χ4n) is 2.34. The summed E-state index contributed by atoms with van der Waals surface area (Å²) < 4.78 is 36.9. The lowest BCUT2D eigenvalue weighted by Crippen LogP contribution is -2.43. The molecule has 0 radical (unpaired) electrons. The molecular formula is C11H19F3N2O. The molecule has 1 aliphatic rings. The minimum Gasteiger partial charge on any atom is -0.323 e. The summed E-state index contributed by atoms with van der Waals surface area (Å²) in [5.41, 5.74) is 0. The number of rotatable bonds is 4. The first-order chi connectivity index (χ1) is 7.76. The number of amides is 1. The number of carbonyl (C=O) groups excluding carboxylic acids is 1. The average Bonchev–Trinajstić information content (AvgIpc) is 2.39. The molecule has 1 fully saturated rings. The van der Waals surface area contributed by atoms with Crippen LogP contribution in [0.15, 0.2) is 0 Å². The van der Waals surface area contributed by atoms with Crippen molar-refractivity contribution in [2.75, 3.05) is 0 Å². The summed E-state index contributed by atoms with van der Waals surface area (Å²) in [5, 5.41) is 3.03. The Bertz CT molecular complexity index is 280. The highest BCUT2D eigenvalue weighted by Crippen LogP contribution is 2.27. The van der Waals surface area contributed by atoms with Crippen LogP contribution in [-0.2, 0) is 4.79 Å². The number of carbonyl (C=O) groups is 1. The number of alkyl halides is 3. The Morgan fingerprint density at radius 1 is 1.47 bits per heavy atom. The van der Waals surface area contributed by atoms with Gasteiger partial charge in [0, 0.05) is 6.04 Å². The minimum absolute atomic E-state index is 0.212. The van der Waals surface area contributed by atoms with E-state index in [-0.39, 0.29) is 18.1 Å². The predicted molar refractivity (Wildman–Crippen MR) is 58.3 cm³/mol. The monoisotopic (exact) mass is 252 g/mol. The molecule has 3 unspecified atom stereocenters. The highest BCUT2D eigenvalue weighted by atomic mass is 19.4. The quantitative estimate of drug-likeness (QED) is 0.832. The van der Waals surface area contributed by atoms with Gasteiger partial charge in [-0.05, 0) is 20.3 Å². The van der Waals surface area contributed by atoms with Crippen LogP contribution >= 0.6 is 0 Å². The number of nitrogens with one attached hydrogen (secondary N) is 1. The molecule has 0 spiro atoms. The Morgan fingerprint density at radius 2 is 2.06 bits per heavy atom. The maximum absolute atomic E-state index is 12.3. The van der Waals surface area contributed by atoms with Crippen molar-refractivity contribution in [1.29, 1.82) is 0 Å². The first-order valence-electron chi connectivity index (χ1n) is 5.91. The molecule has 1 rings (SSSR count). The molecule has 6 heteroatoms. The van der Waals surface area contributed by atoms with Crippen molar-refractivity contribution in [2.24, 2.45) is 0 Å². The van der Waals surface area contributed by atoms with Gasteiger partial charge in [-0.3, -0.25) is 10.1 Å². The molecule has 0 aromatic rings. The maximum Gasteiger partial charge on any atom is 0.391 e. The first kappa shape index (κ1) is 14.3. The third-order valence-corrected chi connectivity index (χ3v) is 2.99. The summed E-state index contributed by atoms with van der Waals surface area (Å²) in [4.78, 5) is 13.2. The van der Waals surface area contributed by atoms with Gasteiger partial charge >= 0.3 is 6.18 Å². The highest BCUT2D eigenvalue weighted by Gasteiger charge is 2.42. The second-order valence-electron chi connectivity index (χ2n) is 4.60. The smallest absolute Gasteiger partial charge is 0.323 e. The molecule has 0 aliphatic carbocycles. The van der Waals surface area contributed by atoms with Crippen LogP contribution in [0.3, 0.4) is 0 Å². The van der Waals surface area contributed by atoms with E-state index in [0.717, 1.165) is 6.42 Å². The number of hydrogen-bond acceptors (Lipinski definition) is 2. The Kier molecular flexibility index (Phi) is 4.41. The number of hydrogen-bond donors (Lipinski definition) is 1. The molecule has 100 valence electrons. The van der Waals surface area contributed by atoms with Gasteiger partial charge in [-0.15, -0.1) is 0 Å². The van der Waals surface area contributed by atoms with Crippen molar-refractivity contribution in [2.45, 2.75) is 64.5 Å². The van der Waals surface area contributed by atoms with E-state index in [2.05, 4.69) is 5.32 Å². The zero-order chi connectivity index (χ0) is 13.2. The number of halogens is 3. The zero-order valence-electron chi connectivity index (χ0n) is 10.3. The summed E-state index contributed by atoms with van der Waals surface area (Å²) in [6.45, 7) is 5.11. The standard InChI is InChI=1S/C11H19F3N2O/c1-4-5-9-10(17)16(8(3)15-9)7(2)6-11(12,13)14/h7-9,15H,4-6H2,1-3H3. The van der Waals surface area contributed by atoms with E-state index in [1.165, 1.54) is 11.8 Å². The minimum atomic E-state index is -4.23. The van der Waals surface area contributed by atoms with Crippen molar-refractivity contribution >= 4 is 5.91 Å². The SMILES string of the molecule is CCCC1NC(C)N(C(C)CC(F)(F)F)C1=O. The van der Waals surface area contributed by atoms with Crippen LogP contribution in [0.1, 0.15) is 40.0 Å². The Balaban J connectivity index is 2.67. The van der Waals surface area contributed by atoms with E-state index in [1.54, 1.807) is 6.92 Å². The number of nitrogens with zero attached hydrogens (tertiary/aromatic N) is 1. The Morgan fingerprint density at radius 3 is 2.53 bits per heavy atom. The van der Waals surface area contributed by atoms with Crippen LogP contribution in [0.4, 0.5) is 13.2 Å². The second kappa shape index (κ2) is 5.25.